The molecule has 7 nitrogen and oxygen atoms in total. The summed E-state index contributed by atoms with van der Waals surface area (Å²) in [5.41, 5.74) is 4.99. The molecular weight excluding hydrogens is 543 g/mol. The first-order chi connectivity index (χ1) is 19.9. The van der Waals surface area contributed by atoms with E-state index in [4.69, 9.17) is 9.15 Å². The molecule has 42 heavy (non-hydrogen) atoms. The van der Waals surface area contributed by atoms with Gasteiger partial charge in [0.1, 0.15) is 24.2 Å². The number of hydrogen-bond donors (Lipinski definition) is 3. The molecule has 3 N–H and O–H groups in total. The van der Waals surface area contributed by atoms with Gasteiger partial charge in [0.15, 0.2) is 0 Å². The van der Waals surface area contributed by atoms with Crippen molar-refractivity contribution in [3.63, 3.8) is 0 Å². The van der Waals surface area contributed by atoms with Crippen LogP contribution in [0.3, 0.4) is 0 Å². The molecule has 0 radical (unpaired) electrons. The normalized spacial score (nSPS) is 11.0. The van der Waals surface area contributed by atoms with Crippen molar-refractivity contribution in [2.45, 2.75) is 32.6 Å². The van der Waals surface area contributed by atoms with E-state index in [0.29, 0.717) is 31.0 Å². The topological polar surface area (TPSA) is 101 Å². The largest absolute Gasteiger partial charge is 1.00 e. The summed E-state index contributed by atoms with van der Waals surface area (Å²) in [4.78, 5) is 24.9. The fraction of sp³-hybridized carbons (Fsp3) is 0.273. The maximum atomic E-state index is 13.2. The van der Waals surface area contributed by atoms with Gasteiger partial charge in [-0.05, 0) is 86.0 Å². The third-order valence-electron chi connectivity index (χ3n) is 6.21. The Morgan fingerprint density at radius 1 is 0.952 bits per heavy atom. The fourth-order valence-corrected chi connectivity index (χ4v) is 4.66. The van der Waals surface area contributed by atoms with Crippen molar-refractivity contribution in [3.05, 3.63) is 107 Å². The zero-order valence-electron chi connectivity index (χ0n) is 26.0. The first kappa shape index (κ1) is 34.9. The van der Waals surface area contributed by atoms with Crippen LogP contribution in [0.1, 0.15) is 35.1 Å². The molecule has 1 atom stereocenters. The second kappa shape index (κ2) is 18.3. The number of rotatable bonds is 12. The minimum Gasteiger partial charge on any atom is -1.00 e. The molecule has 0 aliphatic heterocycles. The van der Waals surface area contributed by atoms with Crippen molar-refractivity contribution in [2.75, 3.05) is 26.1 Å². The van der Waals surface area contributed by atoms with E-state index >= 15 is 0 Å². The number of amides is 1. The van der Waals surface area contributed by atoms with Crippen molar-refractivity contribution in [3.8, 4) is 22.5 Å². The van der Waals surface area contributed by atoms with E-state index in [2.05, 4.69) is 10.6 Å². The maximum Gasteiger partial charge on any atom is 1.00 e. The number of carboxylic acid groups (broad SMARTS) is 1. The number of carbonyl (C=O) groups is 2. The van der Waals surface area contributed by atoms with Crippen LogP contribution in [0.15, 0.2) is 89.3 Å². The summed E-state index contributed by atoms with van der Waals surface area (Å²) in [5.74, 6) is 0.708. The number of hydrogen-bond acceptors (Lipinski definition) is 6. The Bertz CT molecular complexity index is 1420. The van der Waals surface area contributed by atoms with Crippen molar-refractivity contribution < 1.29 is 44.1 Å². The Labute approximate surface area is 266 Å². The summed E-state index contributed by atoms with van der Waals surface area (Å²) in [6, 6.07) is 26.1. The molecule has 1 aromatic heterocycles. The summed E-state index contributed by atoms with van der Waals surface area (Å²) in [5, 5.41) is 15.0. The number of carboxylic acids is 1. The molecule has 0 saturated carbocycles. The predicted octanol–water partition coefficient (Wildman–Crippen LogP) is 3.53. The molecule has 0 aliphatic rings. The van der Waals surface area contributed by atoms with Gasteiger partial charge in [-0.3, -0.25) is 4.79 Å². The first-order valence-electron chi connectivity index (χ1n) is 13.4. The molecular formula is C33H39LiN2O5S. The average molecular weight is 583 g/mol. The average Bonchev–Trinajstić information content (AvgIpc) is 3.45. The van der Waals surface area contributed by atoms with Gasteiger partial charge in [-0.1, -0.05) is 60.7 Å². The summed E-state index contributed by atoms with van der Waals surface area (Å²) in [6.45, 7) is 2.62. The summed E-state index contributed by atoms with van der Waals surface area (Å²) in [7, 11) is 3.75. The molecule has 4 aromatic rings. The van der Waals surface area contributed by atoms with Gasteiger partial charge in [-0.15, -0.1) is 0 Å². The number of ether oxygens (including phenoxy) is 1. The Morgan fingerprint density at radius 2 is 1.64 bits per heavy atom. The zero-order valence-corrected chi connectivity index (χ0v) is 25.8. The third kappa shape index (κ3) is 10.2. The van der Waals surface area contributed by atoms with E-state index in [9.17, 15) is 14.7 Å². The van der Waals surface area contributed by atoms with Gasteiger partial charge in [0.2, 0.25) is 0 Å². The van der Waals surface area contributed by atoms with Crippen molar-refractivity contribution in [2.24, 2.45) is 0 Å². The third-order valence-corrected chi connectivity index (χ3v) is 6.85. The van der Waals surface area contributed by atoms with Crippen LogP contribution in [-0.4, -0.2) is 49.1 Å². The molecule has 4 rings (SSSR count). The molecule has 0 aliphatic carbocycles. The Kier molecular flexibility index (Phi) is 15.2. The summed E-state index contributed by atoms with van der Waals surface area (Å²) >= 11 is 1.54. The van der Waals surface area contributed by atoms with E-state index in [1.165, 1.54) is 0 Å². The number of aliphatic carboxylic acids is 1. The Hall–Kier alpha value is -3.25. The van der Waals surface area contributed by atoms with Crippen molar-refractivity contribution in [1.82, 2.24) is 10.6 Å². The van der Waals surface area contributed by atoms with E-state index < -0.39 is 17.9 Å². The quantitative estimate of drug-likeness (QED) is 0.220. The van der Waals surface area contributed by atoms with Crippen LogP contribution in [0.4, 0.5) is 0 Å². The molecule has 0 fully saturated rings. The van der Waals surface area contributed by atoms with Gasteiger partial charge >= 0.3 is 24.8 Å². The van der Waals surface area contributed by atoms with Gasteiger partial charge in [-0.25, -0.2) is 4.79 Å². The number of nitrogens with one attached hydrogen (secondary N) is 2. The van der Waals surface area contributed by atoms with Crippen LogP contribution in [-0.2, 0) is 22.7 Å². The SMILES string of the molecule is CNC.CSCCC(NC(=O)c1ccc(COCc2ccc(-c3ccccc3)o2)cc1-c1ccccc1C)C(=O)O.[H-].[Li+]. The molecule has 1 heterocycles. The smallest absolute Gasteiger partial charge is 1.00 e. The second-order valence-electron chi connectivity index (χ2n) is 9.47. The van der Waals surface area contributed by atoms with Crippen LogP contribution >= 0.6 is 11.8 Å². The fourth-order valence-electron chi connectivity index (χ4n) is 4.19. The molecule has 218 valence electrons. The van der Waals surface area contributed by atoms with E-state index in [0.717, 1.165) is 39.3 Å². The molecule has 1 amide bonds. The molecule has 9 heteroatoms. The molecule has 0 saturated heterocycles. The van der Waals surface area contributed by atoms with Crippen LogP contribution in [0.25, 0.3) is 22.5 Å². The second-order valence-corrected chi connectivity index (χ2v) is 10.5. The van der Waals surface area contributed by atoms with E-state index in [1.807, 2.05) is 106 Å². The molecule has 0 spiro atoms. The summed E-state index contributed by atoms with van der Waals surface area (Å²) in [6.07, 6.45) is 2.26. The number of carbonyl (C=O) groups excluding carboxylic acids is 1. The monoisotopic (exact) mass is 582 g/mol. The van der Waals surface area contributed by atoms with Crippen molar-refractivity contribution >= 4 is 23.6 Å². The van der Waals surface area contributed by atoms with Gasteiger partial charge in [-0.2, -0.15) is 11.8 Å². The minimum atomic E-state index is -1.04. The van der Waals surface area contributed by atoms with E-state index in [-0.39, 0.29) is 20.3 Å². The number of benzene rings is 3. The predicted molar refractivity (Wildman–Crippen MR) is 167 cm³/mol. The van der Waals surface area contributed by atoms with Crippen LogP contribution in [0.5, 0.6) is 0 Å². The maximum absolute atomic E-state index is 13.2. The molecule has 1 unspecified atom stereocenters. The standard InChI is InChI=1S/C31H31NO5S.C2H7N.Li.H/c1-21-8-6-7-11-25(21)27-18-22(12-14-26(27)30(33)32-28(31(34)35)16-17-38-2)19-36-20-24-13-15-29(37-24)23-9-4-3-5-10-23;1-3-2;;/h3-15,18,28H,16-17,19-20H2,1-2H3,(H,32,33)(H,34,35);3H,1-2H3;;/q;;+1;-1. The van der Waals surface area contributed by atoms with Gasteiger partial charge in [0.25, 0.3) is 5.91 Å². The Morgan fingerprint density at radius 3 is 2.31 bits per heavy atom. The van der Waals surface area contributed by atoms with Crippen LogP contribution < -0.4 is 29.5 Å². The van der Waals surface area contributed by atoms with Gasteiger partial charge < -0.3 is 26.3 Å². The summed E-state index contributed by atoms with van der Waals surface area (Å²) < 4.78 is 11.9. The first-order valence-corrected chi connectivity index (χ1v) is 14.8. The van der Waals surface area contributed by atoms with Crippen LogP contribution in [0.2, 0.25) is 0 Å². The number of thioether (sulfide) groups is 1. The number of furan rings is 1. The number of aryl methyl sites for hydroxylation is 1. The van der Waals surface area contributed by atoms with Gasteiger partial charge in [0, 0.05) is 11.1 Å². The zero-order chi connectivity index (χ0) is 29.6. The molecule has 0 bridgehead atoms. The molecule has 3 aromatic carbocycles. The van der Waals surface area contributed by atoms with E-state index in [1.54, 1.807) is 17.8 Å². The van der Waals surface area contributed by atoms with Crippen LogP contribution in [0, 0.1) is 6.92 Å². The van der Waals surface area contributed by atoms with Gasteiger partial charge in [0.05, 0.1) is 6.61 Å². The Balaban J connectivity index is 0.00000177. The van der Waals surface area contributed by atoms with Crippen molar-refractivity contribution in [1.29, 1.82) is 0 Å². The minimum absolute atomic E-state index is 0.